The van der Waals surface area contributed by atoms with E-state index in [1.165, 1.54) is 11.3 Å². The van der Waals surface area contributed by atoms with Crippen molar-refractivity contribution in [1.82, 2.24) is 20.1 Å². The van der Waals surface area contributed by atoms with Crippen LogP contribution in [0.1, 0.15) is 52.4 Å². The van der Waals surface area contributed by atoms with Gasteiger partial charge in [0, 0.05) is 11.9 Å². The lowest BCUT2D eigenvalue weighted by Crippen LogP contribution is -2.47. The van der Waals surface area contributed by atoms with E-state index in [0.717, 1.165) is 21.0 Å². The van der Waals surface area contributed by atoms with Gasteiger partial charge in [-0.2, -0.15) is 0 Å². The number of esters is 1. The molecule has 2 N–H and O–H groups in total. The Morgan fingerprint density at radius 2 is 1.56 bits per heavy atom. The number of alkyl carbamates (subject to hydrolysis) is 1. The van der Waals surface area contributed by atoms with Crippen LogP contribution in [0.25, 0.3) is 0 Å². The van der Waals surface area contributed by atoms with Gasteiger partial charge in [-0.25, -0.2) is 24.3 Å². The van der Waals surface area contributed by atoms with E-state index < -0.39 is 24.1 Å². The second-order valence-electron chi connectivity index (χ2n) is 9.14. The van der Waals surface area contributed by atoms with Crippen molar-refractivity contribution < 1.29 is 28.6 Å². The van der Waals surface area contributed by atoms with Crippen LogP contribution in [0.15, 0.2) is 66.0 Å². The van der Waals surface area contributed by atoms with Crippen LogP contribution in [0.4, 0.5) is 9.59 Å². The highest BCUT2D eigenvalue weighted by molar-refractivity contribution is 7.09. The molecule has 0 fully saturated rings. The number of thiazole rings is 1. The molecule has 1 heterocycles. The molecule has 3 aromatic rings. The summed E-state index contributed by atoms with van der Waals surface area (Å²) in [6, 6.07) is 18.1. The standard InChI is InChI=1S/C29H35N5O6S/c1-4-38-26(35)23-20-41-25(31-23)24(33(2)3)16-11-17-34(29(37)40-19-22-14-9-6-10-15-22)27(30)32-28(36)39-18-21-12-7-5-8-13-21/h5-10,12-15,20,24H,4,11,16-19H2,1-3H3,(H2,30,32,36). The van der Waals surface area contributed by atoms with Gasteiger partial charge in [-0.3, -0.25) is 10.7 Å². The summed E-state index contributed by atoms with van der Waals surface area (Å²) in [6.45, 7) is 2.12. The third-order valence-corrected chi connectivity index (χ3v) is 6.85. The summed E-state index contributed by atoms with van der Waals surface area (Å²) in [5.41, 5.74) is 1.83. The number of amides is 2. The molecule has 0 spiro atoms. The number of hydrogen-bond acceptors (Lipinski definition) is 10. The highest BCUT2D eigenvalue weighted by Crippen LogP contribution is 2.27. The molecule has 0 aliphatic rings. The van der Waals surface area contributed by atoms with Gasteiger partial charge in [0.15, 0.2) is 5.69 Å². The summed E-state index contributed by atoms with van der Waals surface area (Å²) in [6.07, 6.45) is -0.639. The smallest absolute Gasteiger partial charge is 0.416 e. The Hall–Kier alpha value is -4.29. The summed E-state index contributed by atoms with van der Waals surface area (Å²) in [7, 11) is 3.79. The minimum absolute atomic E-state index is 0.0119. The SMILES string of the molecule is CCOC(=O)c1csc(C(CCCN(C(=N)NC(=O)OCc2ccccc2)C(=O)OCc2ccccc2)N(C)C)n1. The second kappa shape index (κ2) is 16.1. The van der Waals surface area contributed by atoms with E-state index in [1.807, 2.05) is 79.7 Å². The monoisotopic (exact) mass is 581 g/mol. The van der Waals surface area contributed by atoms with Gasteiger partial charge in [0.25, 0.3) is 0 Å². The third-order valence-electron chi connectivity index (χ3n) is 5.90. The van der Waals surface area contributed by atoms with Gasteiger partial charge in [0.1, 0.15) is 18.2 Å². The van der Waals surface area contributed by atoms with E-state index >= 15 is 0 Å². The minimum atomic E-state index is -0.861. The first-order valence-corrected chi connectivity index (χ1v) is 14.0. The van der Waals surface area contributed by atoms with Gasteiger partial charge in [-0.15, -0.1) is 11.3 Å². The highest BCUT2D eigenvalue weighted by Gasteiger charge is 2.25. The van der Waals surface area contributed by atoms with Crippen molar-refractivity contribution in [2.75, 3.05) is 27.2 Å². The van der Waals surface area contributed by atoms with Crippen LogP contribution in [0.3, 0.4) is 0 Å². The van der Waals surface area contributed by atoms with Crippen LogP contribution in [0.2, 0.25) is 0 Å². The number of aromatic nitrogens is 1. The summed E-state index contributed by atoms with van der Waals surface area (Å²) in [5, 5.41) is 13.2. The molecule has 2 aromatic carbocycles. The van der Waals surface area contributed by atoms with E-state index in [0.29, 0.717) is 12.8 Å². The van der Waals surface area contributed by atoms with E-state index in [9.17, 15) is 14.4 Å². The number of benzene rings is 2. The van der Waals surface area contributed by atoms with E-state index in [2.05, 4.69) is 10.3 Å². The first-order chi connectivity index (χ1) is 19.8. The van der Waals surface area contributed by atoms with Crippen LogP contribution in [-0.2, 0) is 27.4 Å². The van der Waals surface area contributed by atoms with Crippen LogP contribution in [-0.4, -0.2) is 66.1 Å². The molecule has 0 aliphatic heterocycles. The number of nitrogens with zero attached hydrogens (tertiary/aromatic N) is 3. The average Bonchev–Trinajstić information content (AvgIpc) is 3.46. The number of carbonyl (C=O) groups is 3. The molecule has 1 aromatic heterocycles. The Morgan fingerprint density at radius 1 is 0.951 bits per heavy atom. The molecule has 1 atom stereocenters. The first-order valence-electron chi connectivity index (χ1n) is 13.1. The van der Waals surface area contributed by atoms with Gasteiger partial charge >= 0.3 is 18.2 Å². The number of ether oxygens (including phenoxy) is 3. The Morgan fingerprint density at radius 3 is 2.15 bits per heavy atom. The fraction of sp³-hybridized carbons (Fsp3) is 0.345. The molecule has 0 aliphatic carbocycles. The predicted octanol–water partition coefficient (Wildman–Crippen LogP) is 5.20. The quantitative estimate of drug-likeness (QED) is 0.129. The molecule has 41 heavy (non-hydrogen) atoms. The fourth-order valence-electron chi connectivity index (χ4n) is 3.80. The molecule has 0 saturated carbocycles. The van der Waals surface area contributed by atoms with Crippen molar-refractivity contribution in [1.29, 1.82) is 5.41 Å². The normalized spacial score (nSPS) is 11.4. The third kappa shape index (κ3) is 10.00. The molecule has 1 unspecified atom stereocenters. The zero-order chi connectivity index (χ0) is 29.6. The Labute approximate surface area is 243 Å². The maximum atomic E-state index is 13.0. The lowest BCUT2D eigenvalue weighted by atomic mass is 10.1. The number of carbonyl (C=O) groups excluding carboxylic acids is 3. The zero-order valence-corrected chi connectivity index (χ0v) is 24.2. The Balaban J connectivity index is 1.64. The largest absolute Gasteiger partial charge is 0.461 e. The van der Waals surface area contributed by atoms with Crippen molar-refractivity contribution in [2.45, 2.75) is 39.0 Å². The summed E-state index contributed by atoms with van der Waals surface area (Å²) < 4.78 is 15.7. The molecule has 0 saturated heterocycles. The van der Waals surface area contributed by atoms with E-state index in [4.69, 9.17) is 19.6 Å². The molecule has 218 valence electrons. The number of guanidine groups is 1. The maximum Gasteiger partial charge on any atom is 0.416 e. The van der Waals surface area contributed by atoms with Crippen molar-refractivity contribution in [2.24, 2.45) is 0 Å². The Kier molecular flexibility index (Phi) is 12.3. The highest BCUT2D eigenvalue weighted by atomic mass is 32.1. The van der Waals surface area contributed by atoms with Crippen molar-refractivity contribution in [3.8, 4) is 0 Å². The van der Waals surface area contributed by atoms with E-state index in [-0.39, 0.29) is 38.1 Å². The number of rotatable bonds is 12. The lowest BCUT2D eigenvalue weighted by Gasteiger charge is -2.25. The molecule has 11 nitrogen and oxygen atoms in total. The summed E-state index contributed by atoms with van der Waals surface area (Å²) >= 11 is 1.35. The molecule has 2 amide bonds. The Bertz CT molecular complexity index is 1290. The molecular formula is C29H35N5O6S. The van der Waals surface area contributed by atoms with Gasteiger partial charge in [-0.1, -0.05) is 60.7 Å². The molecule has 3 rings (SSSR count). The van der Waals surface area contributed by atoms with Gasteiger partial charge in [0.2, 0.25) is 5.96 Å². The average molecular weight is 582 g/mol. The second-order valence-corrected chi connectivity index (χ2v) is 10.0. The molecule has 12 heteroatoms. The van der Waals surface area contributed by atoms with Crippen molar-refractivity contribution in [3.63, 3.8) is 0 Å². The van der Waals surface area contributed by atoms with Crippen molar-refractivity contribution >= 4 is 35.5 Å². The molecule has 0 radical (unpaired) electrons. The van der Waals surface area contributed by atoms with Crippen LogP contribution >= 0.6 is 11.3 Å². The maximum absolute atomic E-state index is 13.0. The van der Waals surface area contributed by atoms with Crippen LogP contribution in [0, 0.1) is 5.41 Å². The van der Waals surface area contributed by atoms with Gasteiger partial charge in [0.05, 0.1) is 12.6 Å². The number of hydrogen-bond donors (Lipinski definition) is 2. The lowest BCUT2D eigenvalue weighted by molar-refractivity contribution is 0.0519. The molecule has 0 bridgehead atoms. The molecular weight excluding hydrogens is 546 g/mol. The first kappa shape index (κ1) is 31.2. The zero-order valence-electron chi connectivity index (χ0n) is 23.4. The number of nitrogens with one attached hydrogen (secondary N) is 2. The van der Waals surface area contributed by atoms with Crippen LogP contribution in [0.5, 0.6) is 0 Å². The fourth-order valence-corrected chi connectivity index (χ4v) is 4.82. The van der Waals surface area contributed by atoms with Crippen LogP contribution < -0.4 is 5.32 Å². The van der Waals surface area contributed by atoms with Gasteiger partial charge in [-0.05, 0) is 45.0 Å². The van der Waals surface area contributed by atoms with Gasteiger partial charge < -0.3 is 19.1 Å². The topological polar surface area (TPSA) is 134 Å². The van der Waals surface area contributed by atoms with Crippen molar-refractivity contribution in [3.05, 3.63) is 87.9 Å². The van der Waals surface area contributed by atoms with E-state index in [1.54, 1.807) is 12.3 Å². The predicted molar refractivity (Wildman–Crippen MR) is 155 cm³/mol. The minimum Gasteiger partial charge on any atom is -0.461 e. The summed E-state index contributed by atoms with van der Waals surface area (Å²) in [4.78, 5) is 45.0. The summed E-state index contributed by atoms with van der Waals surface area (Å²) in [5.74, 6) is -0.931.